The van der Waals surface area contributed by atoms with Gasteiger partial charge in [0.15, 0.2) is 0 Å². The van der Waals surface area contributed by atoms with E-state index in [1.165, 1.54) is 55.6 Å². The van der Waals surface area contributed by atoms with Crippen molar-refractivity contribution in [2.45, 2.75) is 87.9 Å². The Balaban J connectivity index is 3.15. The summed E-state index contributed by atoms with van der Waals surface area (Å²) in [6.07, 6.45) is 10.7. The Labute approximate surface area is 142 Å². The number of esters is 1. The number of unbranched alkanes of at least 4 members (excludes halogenated alkanes) is 7. The van der Waals surface area contributed by atoms with Crippen LogP contribution in [0.15, 0.2) is 0 Å². The first-order chi connectivity index (χ1) is 10.7. The van der Waals surface area contributed by atoms with E-state index in [0.29, 0.717) is 6.42 Å². The number of carbonyl (C=O) groups excluding carboxylic acids is 1. The minimum absolute atomic E-state index is 0.102. The van der Waals surface area contributed by atoms with Crippen LogP contribution in [0.3, 0.4) is 0 Å². The monoisotopic (exact) mass is 382 g/mol. The van der Waals surface area contributed by atoms with Gasteiger partial charge < -0.3 is 5.11 Å². The van der Waals surface area contributed by atoms with E-state index in [1.807, 2.05) is 0 Å². The van der Waals surface area contributed by atoms with Gasteiger partial charge in [-0.25, -0.2) is 0 Å². The Kier molecular flexibility index (Phi) is 17.2. The van der Waals surface area contributed by atoms with Crippen molar-refractivity contribution >= 4 is 20.9 Å². The second kappa shape index (κ2) is 17.3. The van der Waals surface area contributed by atoms with Crippen molar-refractivity contribution in [1.82, 2.24) is 0 Å². The molecule has 0 amide bonds. The summed E-state index contributed by atoms with van der Waals surface area (Å²) >= 11 is 0.838. The first-order valence-corrected chi connectivity index (χ1v) is 11.1. The summed E-state index contributed by atoms with van der Waals surface area (Å²) in [5.41, 5.74) is 0. The molecule has 0 bridgehead atoms. The molecule has 4 nitrogen and oxygen atoms in total. The summed E-state index contributed by atoms with van der Waals surface area (Å²) in [5.74, 6) is -0.275. The predicted octanol–water partition coefficient (Wildman–Crippen LogP) is 3.34. The molecule has 0 aromatic rings. The molecular formula is C17H34O4Se. The Hall–Kier alpha value is -0.0905. The van der Waals surface area contributed by atoms with E-state index in [-0.39, 0.29) is 19.2 Å². The van der Waals surface area contributed by atoms with E-state index in [4.69, 9.17) is 14.9 Å². The molecule has 5 heteroatoms. The second-order valence-corrected chi connectivity index (χ2v) is 8.28. The van der Waals surface area contributed by atoms with Crippen LogP contribution in [0.1, 0.15) is 71.1 Å². The molecule has 0 aliphatic rings. The van der Waals surface area contributed by atoms with Gasteiger partial charge in [0.2, 0.25) is 0 Å². The van der Waals surface area contributed by atoms with E-state index in [9.17, 15) is 4.79 Å². The first-order valence-electron chi connectivity index (χ1n) is 8.73. The predicted molar refractivity (Wildman–Crippen MR) is 91.3 cm³/mol. The number of aliphatic hydroxyl groups is 2. The zero-order chi connectivity index (χ0) is 16.5. The average Bonchev–Trinajstić information content (AvgIpc) is 2.53. The zero-order valence-corrected chi connectivity index (χ0v) is 15.8. The zero-order valence-electron chi connectivity index (χ0n) is 14.1. The van der Waals surface area contributed by atoms with Crippen LogP contribution in [-0.4, -0.2) is 50.5 Å². The van der Waals surface area contributed by atoms with Gasteiger partial charge in [-0.1, -0.05) is 0 Å². The van der Waals surface area contributed by atoms with Crippen molar-refractivity contribution in [3.63, 3.8) is 0 Å². The van der Waals surface area contributed by atoms with E-state index >= 15 is 0 Å². The van der Waals surface area contributed by atoms with Crippen LogP contribution in [0.25, 0.3) is 0 Å². The van der Waals surface area contributed by atoms with E-state index < -0.39 is 6.10 Å². The smallest absolute Gasteiger partial charge is 0.394 e. The van der Waals surface area contributed by atoms with Crippen molar-refractivity contribution in [3.05, 3.63) is 0 Å². The fourth-order valence-corrected chi connectivity index (χ4v) is 4.19. The second-order valence-electron chi connectivity index (χ2n) is 5.71. The van der Waals surface area contributed by atoms with E-state index in [2.05, 4.69) is 6.92 Å². The molecule has 2 N–H and O–H groups in total. The molecule has 0 radical (unpaired) electrons. The van der Waals surface area contributed by atoms with Gasteiger partial charge in [-0.3, -0.25) is 0 Å². The molecule has 0 fully saturated rings. The number of aliphatic hydroxyl groups excluding tert-OH is 2. The van der Waals surface area contributed by atoms with Gasteiger partial charge in [0.05, 0.1) is 0 Å². The summed E-state index contributed by atoms with van der Waals surface area (Å²) in [7, 11) is 0. The molecule has 132 valence electrons. The molecule has 0 aliphatic carbocycles. The Morgan fingerprint density at radius 3 is 2.23 bits per heavy atom. The quantitative estimate of drug-likeness (QED) is 0.244. The van der Waals surface area contributed by atoms with Gasteiger partial charge >= 0.3 is 137 Å². The van der Waals surface area contributed by atoms with Crippen molar-refractivity contribution in [2.24, 2.45) is 0 Å². The third kappa shape index (κ3) is 16.3. The summed E-state index contributed by atoms with van der Waals surface area (Å²) in [6.45, 7) is 1.78. The molecule has 0 saturated heterocycles. The fraction of sp³-hybridized carbons (Fsp3) is 0.941. The topological polar surface area (TPSA) is 66.8 Å². The summed E-state index contributed by atoms with van der Waals surface area (Å²) < 4.78 is 4.85. The molecular weight excluding hydrogens is 347 g/mol. The van der Waals surface area contributed by atoms with Crippen LogP contribution < -0.4 is 0 Å². The number of hydrogen-bond acceptors (Lipinski definition) is 4. The van der Waals surface area contributed by atoms with E-state index in [1.54, 1.807) is 0 Å². The number of carbonyl (C=O) groups is 1. The SMILES string of the molecule is CCCCCC[Se]CCCCCCCC(=O)OC[C@@H](O)CO. The molecule has 0 heterocycles. The standard InChI is InChI=1S/C17H34O4Se/c1-2-3-4-9-12-22-13-10-7-5-6-8-11-17(20)21-15-16(19)14-18/h16,18-19H,2-15H2,1H3/t16-/m0/s1. The number of hydrogen-bond donors (Lipinski definition) is 2. The average molecular weight is 381 g/mol. The third-order valence-corrected chi connectivity index (χ3v) is 5.88. The van der Waals surface area contributed by atoms with Crippen molar-refractivity contribution < 1.29 is 19.7 Å². The van der Waals surface area contributed by atoms with E-state index in [0.717, 1.165) is 27.8 Å². The summed E-state index contributed by atoms with van der Waals surface area (Å²) in [4.78, 5) is 11.3. The van der Waals surface area contributed by atoms with Crippen LogP contribution in [-0.2, 0) is 9.53 Å². The molecule has 0 aliphatic heterocycles. The minimum Gasteiger partial charge on any atom is -0.394 e. The molecule has 1 atom stereocenters. The van der Waals surface area contributed by atoms with Gasteiger partial charge in [-0.05, 0) is 0 Å². The Bertz CT molecular complexity index is 249. The van der Waals surface area contributed by atoms with Crippen LogP contribution in [0.4, 0.5) is 0 Å². The molecule has 0 unspecified atom stereocenters. The molecule has 0 aromatic heterocycles. The molecule has 0 saturated carbocycles. The maximum atomic E-state index is 11.3. The minimum atomic E-state index is -0.951. The van der Waals surface area contributed by atoms with Crippen LogP contribution in [0, 0.1) is 0 Å². The van der Waals surface area contributed by atoms with Crippen LogP contribution in [0.5, 0.6) is 0 Å². The van der Waals surface area contributed by atoms with Crippen LogP contribution >= 0.6 is 0 Å². The number of ether oxygens (including phenoxy) is 1. The van der Waals surface area contributed by atoms with Gasteiger partial charge in [0.1, 0.15) is 0 Å². The molecule has 22 heavy (non-hydrogen) atoms. The first kappa shape index (κ1) is 21.9. The van der Waals surface area contributed by atoms with Crippen molar-refractivity contribution in [1.29, 1.82) is 0 Å². The fourth-order valence-electron chi connectivity index (χ4n) is 2.05. The third-order valence-electron chi connectivity index (χ3n) is 3.46. The molecule has 0 rings (SSSR count). The van der Waals surface area contributed by atoms with Crippen molar-refractivity contribution in [2.75, 3.05) is 13.2 Å². The summed E-state index contributed by atoms with van der Waals surface area (Å²) in [5, 5.41) is 20.5. The van der Waals surface area contributed by atoms with Gasteiger partial charge in [-0.15, -0.1) is 0 Å². The Morgan fingerprint density at radius 1 is 1.00 bits per heavy atom. The Morgan fingerprint density at radius 2 is 1.59 bits per heavy atom. The normalized spacial score (nSPS) is 12.3. The van der Waals surface area contributed by atoms with Gasteiger partial charge in [-0.2, -0.15) is 0 Å². The summed E-state index contributed by atoms with van der Waals surface area (Å²) in [6, 6.07) is 0. The molecule has 0 spiro atoms. The van der Waals surface area contributed by atoms with Crippen molar-refractivity contribution in [3.8, 4) is 0 Å². The maximum absolute atomic E-state index is 11.3. The van der Waals surface area contributed by atoms with Gasteiger partial charge in [0, 0.05) is 0 Å². The number of rotatable bonds is 16. The van der Waals surface area contributed by atoms with Crippen LogP contribution in [0.2, 0.25) is 10.6 Å². The molecule has 0 aromatic carbocycles. The van der Waals surface area contributed by atoms with Gasteiger partial charge in [0.25, 0.3) is 0 Å².